The normalized spacial score (nSPS) is 11.6. The van der Waals surface area contributed by atoms with Gasteiger partial charge in [-0.1, -0.05) is 13.3 Å². The zero-order valence-corrected chi connectivity index (χ0v) is 9.29. The van der Waals surface area contributed by atoms with Gasteiger partial charge in [0.15, 0.2) is 0 Å². The summed E-state index contributed by atoms with van der Waals surface area (Å²) in [6.45, 7) is 1.98. The van der Waals surface area contributed by atoms with E-state index in [0.29, 0.717) is 12.0 Å². The van der Waals surface area contributed by atoms with Crippen molar-refractivity contribution in [1.82, 2.24) is 0 Å². The van der Waals surface area contributed by atoms with Gasteiger partial charge in [-0.15, -0.1) is 0 Å². The van der Waals surface area contributed by atoms with Crippen molar-refractivity contribution in [3.05, 3.63) is 23.8 Å². The second-order valence-corrected chi connectivity index (χ2v) is 4.76. The molecule has 0 aliphatic carbocycles. The van der Waals surface area contributed by atoms with E-state index in [1.54, 1.807) is 0 Å². The van der Waals surface area contributed by atoms with Gasteiger partial charge < -0.3 is 5.11 Å². The largest absolute Gasteiger partial charge is 0.508 e. The van der Waals surface area contributed by atoms with E-state index < -0.39 is 10.1 Å². The zero-order valence-electron chi connectivity index (χ0n) is 8.47. The number of phenols is 1. The molecule has 84 valence electrons. The summed E-state index contributed by atoms with van der Waals surface area (Å²) in [5.74, 6) is 0.00787. The summed E-state index contributed by atoms with van der Waals surface area (Å²) in [6, 6.07) is 3.84. The minimum atomic E-state index is -4.19. The number of aromatic hydroxyl groups is 1. The molecular formula is C10H14O4S. The van der Waals surface area contributed by atoms with E-state index in [9.17, 15) is 13.5 Å². The maximum atomic E-state index is 11.0. The van der Waals surface area contributed by atoms with Crippen molar-refractivity contribution in [2.45, 2.75) is 31.1 Å². The third-order valence-corrected chi connectivity index (χ3v) is 3.08. The van der Waals surface area contributed by atoms with Crippen LogP contribution in [0.2, 0.25) is 0 Å². The fourth-order valence-corrected chi connectivity index (χ4v) is 2.11. The van der Waals surface area contributed by atoms with Crippen LogP contribution in [0, 0.1) is 0 Å². The Balaban J connectivity index is 3.15. The second-order valence-electron chi connectivity index (χ2n) is 3.37. The van der Waals surface area contributed by atoms with Gasteiger partial charge in [-0.25, -0.2) is 0 Å². The molecule has 0 atom stereocenters. The summed E-state index contributed by atoms with van der Waals surface area (Å²) in [6.07, 6.45) is 2.26. The van der Waals surface area contributed by atoms with E-state index in [-0.39, 0.29) is 10.6 Å². The van der Waals surface area contributed by atoms with E-state index in [1.165, 1.54) is 18.2 Å². The molecule has 0 radical (unpaired) electrons. The molecule has 2 N–H and O–H groups in total. The second kappa shape index (κ2) is 4.63. The van der Waals surface area contributed by atoms with Crippen LogP contribution >= 0.6 is 0 Å². The minimum absolute atomic E-state index is 0.00787. The van der Waals surface area contributed by atoms with Crippen molar-refractivity contribution in [2.24, 2.45) is 0 Å². The SMILES string of the molecule is CCCCc1cc(O)ccc1S(=O)(=O)O. The van der Waals surface area contributed by atoms with Crippen LogP contribution < -0.4 is 0 Å². The Bertz CT molecular complexity index is 437. The first-order chi connectivity index (χ1) is 6.95. The lowest BCUT2D eigenvalue weighted by atomic mass is 10.1. The molecule has 0 heterocycles. The lowest BCUT2D eigenvalue weighted by Crippen LogP contribution is -2.03. The van der Waals surface area contributed by atoms with Crippen molar-refractivity contribution < 1.29 is 18.1 Å². The summed E-state index contributed by atoms with van der Waals surface area (Å²) in [5.41, 5.74) is 0.458. The first kappa shape index (κ1) is 12.0. The van der Waals surface area contributed by atoms with Crippen molar-refractivity contribution in [3.8, 4) is 5.75 Å². The molecule has 0 bridgehead atoms. The Labute approximate surface area is 89.3 Å². The first-order valence-corrected chi connectivity index (χ1v) is 6.18. The molecule has 0 aromatic heterocycles. The molecule has 1 aromatic rings. The summed E-state index contributed by atoms with van der Waals surface area (Å²) in [7, 11) is -4.19. The standard InChI is InChI=1S/C10H14O4S/c1-2-3-4-8-7-9(11)5-6-10(8)15(12,13)14/h5-7,11H,2-4H2,1H3,(H,12,13,14). The summed E-state index contributed by atoms with van der Waals surface area (Å²) < 4.78 is 31.0. The highest BCUT2D eigenvalue weighted by molar-refractivity contribution is 7.85. The highest BCUT2D eigenvalue weighted by Crippen LogP contribution is 2.22. The van der Waals surface area contributed by atoms with Crippen molar-refractivity contribution in [3.63, 3.8) is 0 Å². The average molecular weight is 230 g/mol. The van der Waals surface area contributed by atoms with E-state index >= 15 is 0 Å². The molecule has 4 nitrogen and oxygen atoms in total. The van der Waals surface area contributed by atoms with Gasteiger partial charge in [0.05, 0.1) is 4.90 Å². The third kappa shape index (κ3) is 3.21. The van der Waals surface area contributed by atoms with Gasteiger partial charge in [0.1, 0.15) is 5.75 Å². The molecule has 0 spiro atoms. The average Bonchev–Trinajstić information content (AvgIpc) is 2.12. The topological polar surface area (TPSA) is 74.6 Å². The van der Waals surface area contributed by atoms with Crippen molar-refractivity contribution >= 4 is 10.1 Å². The van der Waals surface area contributed by atoms with Crippen LogP contribution in [0.4, 0.5) is 0 Å². The van der Waals surface area contributed by atoms with Crippen LogP contribution in [0.1, 0.15) is 25.3 Å². The molecule has 1 rings (SSSR count). The fourth-order valence-electron chi connectivity index (χ4n) is 1.38. The Kier molecular flexibility index (Phi) is 3.71. The zero-order chi connectivity index (χ0) is 11.5. The van der Waals surface area contributed by atoms with Crippen molar-refractivity contribution in [2.75, 3.05) is 0 Å². The Morgan fingerprint density at radius 1 is 1.33 bits per heavy atom. The number of aryl methyl sites for hydroxylation is 1. The molecule has 0 amide bonds. The maximum absolute atomic E-state index is 11.0. The van der Waals surface area contributed by atoms with Crippen LogP contribution in [0.3, 0.4) is 0 Å². The minimum Gasteiger partial charge on any atom is -0.508 e. The number of phenolic OH excluding ortho intramolecular Hbond substituents is 1. The molecule has 0 fully saturated rings. The maximum Gasteiger partial charge on any atom is 0.294 e. The summed E-state index contributed by atoms with van der Waals surface area (Å²) in [5, 5.41) is 9.23. The highest BCUT2D eigenvalue weighted by Gasteiger charge is 2.15. The molecule has 15 heavy (non-hydrogen) atoms. The number of benzene rings is 1. The van der Waals surface area contributed by atoms with Gasteiger partial charge >= 0.3 is 0 Å². The van der Waals surface area contributed by atoms with Crippen LogP contribution in [-0.4, -0.2) is 18.1 Å². The van der Waals surface area contributed by atoms with Crippen LogP contribution in [0.5, 0.6) is 5.75 Å². The molecule has 0 aliphatic heterocycles. The third-order valence-electron chi connectivity index (χ3n) is 2.12. The van der Waals surface area contributed by atoms with Gasteiger partial charge in [-0.3, -0.25) is 4.55 Å². The van der Waals surface area contributed by atoms with E-state index in [1.807, 2.05) is 6.92 Å². The lowest BCUT2D eigenvalue weighted by molar-refractivity contribution is 0.470. The smallest absolute Gasteiger partial charge is 0.294 e. The quantitative estimate of drug-likeness (QED) is 0.775. The van der Waals surface area contributed by atoms with Crippen LogP contribution in [0.15, 0.2) is 23.1 Å². The molecule has 0 unspecified atom stereocenters. The van der Waals surface area contributed by atoms with Crippen LogP contribution in [0.25, 0.3) is 0 Å². The Hall–Kier alpha value is -1.07. The number of rotatable bonds is 4. The number of unbranched alkanes of at least 4 members (excludes halogenated alkanes) is 1. The summed E-state index contributed by atoms with van der Waals surface area (Å²) in [4.78, 5) is -0.117. The molecular weight excluding hydrogens is 216 g/mol. The molecule has 0 saturated carbocycles. The van der Waals surface area contributed by atoms with Gasteiger partial charge in [0, 0.05) is 0 Å². The van der Waals surface area contributed by atoms with Gasteiger partial charge in [0.2, 0.25) is 0 Å². The van der Waals surface area contributed by atoms with E-state index in [4.69, 9.17) is 4.55 Å². The van der Waals surface area contributed by atoms with Gasteiger partial charge in [0.25, 0.3) is 10.1 Å². The molecule has 5 heteroatoms. The predicted molar refractivity (Wildman–Crippen MR) is 56.5 cm³/mol. The van der Waals surface area contributed by atoms with E-state index in [2.05, 4.69) is 0 Å². The predicted octanol–water partition coefficient (Wildman–Crippen LogP) is 1.98. The van der Waals surface area contributed by atoms with Crippen molar-refractivity contribution in [1.29, 1.82) is 0 Å². The first-order valence-electron chi connectivity index (χ1n) is 4.74. The molecule has 0 aliphatic rings. The van der Waals surface area contributed by atoms with Gasteiger partial charge in [-0.05, 0) is 36.6 Å². The molecule has 0 saturated heterocycles. The summed E-state index contributed by atoms with van der Waals surface area (Å²) >= 11 is 0. The van der Waals surface area contributed by atoms with Gasteiger partial charge in [-0.2, -0.15) is 8.42 Å². The number of hydrogen-bond donors (Lipinski definition) is 2. The highest BCUT2D eigenvalue weighted by atomic mass is 32.2. The lowest BCUT2D eigenvalue weighted by Gasteiger charge is -2.06. The Morgan fingerprint density at radius 3 is 2.53 bits per heavy atom. The Morgan fingerprint density at radius 2 is 2.00 bits per heavy atom. The monoisotopic (exact) mass is 230 g/mol. The number of hydrogen-bond acceptors (Lipinski definition) is 3. The van der Waals surface area contributed by atoms with E-state index in [0.717, 1.165) is 12.8 Å². The fraction of sp³-hybridized carbons (Fsp3) is 0.400. The molecule has 1 aromatic carbocycles. The van der Waals surface area contributed by atoms with Crippen LogP contribution in [-0.2, 0) is 16.5 Å².